The Hall–Kier alpha value is -5.02. The van der Waals surface area contributed by atoms with Crippen molar-refractivity contribution in [1.29, 1.82) is 5.26 Å². The first-order valence-corrected chi connectivity index (χ1v) is 13.5. The number of esters is 4. The Kier molecular flexibility index (Phi) is 9.57. The van der Waals surface area contributed by atoms with Crippen molar-refractivity contribution in [2.75, 3.05) is 12.3 Å². The lowest BCUT2D eigenvalue weighted by Crippen LogP contribution is -2.62. The molecule has 1 aliphatic rings. The number of ether oxygens (including phenoxy) is 5. The molecule has 1 saturated heterocycles. The summed E-state index contributed by atoms with van der Waals surface area (Å²) in [6.07, 6.45) is -5.97. The predicted molar refractivity (Wildman–Crippen MR) is 152 cm³/mol. The minimum absolute atomic E-state index is 0.0196. The second kappa shape index (κ2) is 13.3. The van der Waals surface area contributed by atoms with Crippen LogP contribution in [0, 0.1) is 11.3 Å². The van der Waals surface area contributed by atoms with Gasteiger partial charge in [0.05, 0.1) is 0 Å². The van der Waals surface area contributed by atoms with Crippen molar-refractivity contribution < 1.29 is 42.9 Å². The molecular weight excluding hydrogens is 558 g/mol. The van der Waals surface area contributed by atoms with Crippen molar-refractivity contribution in [1.82, 2.24) is 4.98 Å². The van der Waals surface area contributed by atoms with E-state index < -0.39 is 54.4 Å². The minimum Gasteiger partial charge on any atom is -0.463 e. The molecule has 0 unspecified atom stereocenters. The van der Waals surface area contributed by atoms with Gasteiger partial charge in [0.2, 0.25) is 0 Å². The zero-order valence-electron chi connectivity index (χ0n) is 24.1. The fourth-order valence-electron chi connectivity index (χ4n) is 5.11. The van der Waals surface area contributed by atoms with Gasteiger partial charge < -0.3 is 29.4 Å². The molecule has 3 aromatic rings. The van der Waals surface area contributed by atoms with E-state index in [0.29, 0.717) is 11.3 Å². The highest BCUT2D eigenvalue weighted by Crippen LogP contribution is 2.34. The molecular formula is C31H31N3O9. The fourth-order valence-corrected chi connectivity index (χ4v) is 5.11. The number of rotatable bonds is 8. The predicted octanol–water partition coefficient (Wildman–Crippen LogP) is 3.02. The van der Waals surface area contributed by atoms with Crippen LogP contribution in [0.25, 0.3) is 21.9 Å². The number of hydrogen-bond acceptors (Lipinski definition) is 12. The van der Waals surface area contributed by atoms with Gasteiger partial charge in [-0.05, 0) is 28.5 Å². The largest absolute Gasteiger partial charge is 0.463 e. The number of hydrogen-bond donors (Lipinski definition) is 1. The number of pyridine rings is 1. The number of nitrogens with zero attached hydrogens (tertiary/aromatic N) is 2. The molecule has 12 heteroatoms. The molecule has 1 aliphatic heterocycles. The number of nitriles is 1. The van der Waals surface area contributed by atoms with Crippen molar-refractivity contribution in [3.05, 3.63) is 59.8 Å². The Morgan fingerprint density at radius 3 is 2.05 bits per heavy atom. The Morgan fingerprint density at radius 1 is 0.837 bits per heavy atom. The summed E-state index contributed by atoms with van der Waals surface area (Å²) in [5, 5.41) is 11.9. The van der Waals surface area contributed by atoms with E-state index in [4.69, 9.17) is 29.4 Å². The van der Waals surface area contributed by atoms with Crippen LogP contribution in [0.15, 0.2) is 48.5 Å². The first kappa shape index (κ1) is 30.9. The first-order valence-electron chi connectivity index (χ1n) is 13.5. The molecule has 1 fully saturated rings. The number of anilines is 1. The lowest BCUT2D eigenvalue weighted by atomic mass is 9.90. The van der Waals surface area contributed by atoms with Crippen molar-refractivity contribution >= 4 is 40.5 Å². The van der Waals surface area contributed by atoms with Crippen molar-refractivity contribution in [3.8, 4) is 17.2 Å². The zero-order chi connectivity index (χ0) is 31.3. The molecule has 43 heavy (non-hydrogen) atoms. The van der Waals surface area contributed by atoms with E-state index >= 15 is 0 Å². The average Bonchev–Trinajstić information content (AvgIpc) is 2.94. The van der Waals surface area contributed by atoms with Crippen LogP contribution < -0.4 is 5.73 Å². The smallest absolute Gasteiger partial charge is 0.303 e. The van der Waals surface area contributed by atoms with E-state index in [9.17, 15) is 24.4 Å². The molecule has 2 aromatic carbocycles. The molecule has 0 bridgehead atoms. The van der Waals surface area contributed by atoms with Gasteiger partial charge >= 0.3 is 23.9 Å². The van der Waals surface area contributed by atoms with Crippen molar-refractivity contribution in [3.63, 3.8) is 0 Å². The highest BCUT2D eigenvalue weighted by molar-refractivity contribution is 5.89. The molecule has 4 rings (SSSR count). The molecule has 0 spiro atoms. The molecule has 2 N–H and O–H groups in total. The van der Waals surface area contributed by atoms with Gasteiger partial charge in [0.1, 0.15) is 36.3 Å². The maximum absolute atomic E-state index is 12.2. The monoisotopic (exact) mass is 589 g/mol. The van der Waals surface area contributed by atoms with E-state index in [0.717, 1.165) is 30.2 Å². The molecule has 0 aliphatic carbocycles. The molecule has 1 aromatic heterocycles. The quantitative estimate of drug-likeness (QED) is 0.300. The third-order valence-corrected chi connectivity index (χ3v) is 6.77. The minimum atomic E-state index is -1.31. The van der Waals surface area contributed by atoms with Gasteiger partial charge in [0.15, 0.2) is 18.3 Å². The number of benzene rings is 2. The van der Waals surface area contributed by atoms with Gasteiger partial charge in [0.25, 0.3) is 0 Å². The van der Waals surface area contributed by atoms with E-state index in [1.54, 1.807) is 6.07 Å². The number of carbonyl (C=O) groups excluding carboxylic acids is 4. The van der Waals surface area contributed by atoms with Gasteiger partial charge in [-0.3, -0.25) is 19.2 Å². The molecule has 0 amide bonds. The first-order chi connectivity index (χ1) is 20.5. The van der Waals surface area contributed by atoms with Gasteiger partial charge in [-0.25, -0.2) is 4.98 Å². The van der Waals surface area contributed by atoms with Crippen LogP contribution in [0.1, 0.15) is 39.0 Å². The number of fused-ring (bicyclic) bond motifs is 1. The number of carbonyl (C=O) groups is 4. The van der Waals surface area contributed by atoms with Gasteiger partial charge in [0, 0.05) is 45.4 Å². The lowest BCUT2D eigenvalue weighted by Gasteiger charge is -2.44. The van der Waals surface area contributed by atoms with Crippen LogP contribution in [-0.4, -0.2) is 66.0 Å². The molecule has 12 nitrogen and oxygen atoms in total. The molecule has 0 radical (unpaired) electrons. The fraction of sp³-hybridized carbons (Fsp3) is 0.355. The topological polar surface area (TPSA) is 177 Å². The SMILES string of the molecule is CC(=O)OC[C@H]1O[C@@H](Cc2cc(-c3ccc4ccccc4c3)c(C#N)c(N)n2)[C@H](OC(C)=O)[C@@H](OC(C)=O)[C@@H]1OC(C)=O. The maximum Gasteiger partial charge on any atom is 0.303 e. The summed E-state index contributed by atoms with van der Waals surface area (Å²) < 4.78 is 27.9. The van der Waals surface area contributed by atoms with Gasteiger partial charge in [-0.2, -0.15) is 5.26 Å². The van der Waals surface area contributed by atoms with Crippen LogP contribution >= 0.6 is 0 Å². The van der Waals surface area contributed by atoms with Crippen LogP contribution in [0.3, 0.4) is 0 Å². The maximum atomic E-state index is 12.2. The van der Waals surface area contributed by atoms with Crippen molar-refractivity contribution in [2.45, 2.75) is 64.6 Å². The molecule has 224 valence electrons. The third kappa shape index (κ3) is 7.44. The summed E-state index contributed by atoms with van der Waals surface area (Å²) in [5.41, 5.74) is 8.05. The summed E-state index contributed by atoms with van der Waals surface area (Å²) in [4.78, 5) is 52.3. The Bertz CT molecular complexity index is 1600. The Labute approximate surface area is 247 Å². The number of nitrogens with two attached hydrogens (primary N) is 1. The van der Waals surface area contributed by atoms with Crippen LogP contribution in [0.2, 0.25) is 0 Å². The third-order valence-electron chi connectivity index (χ3n) is 6.77. The highest BCUT2D eigenvalue weighted by Gasteiger charge is 2.52. The van der Waals surface area contributed by atoms with Gasteiger partial charge in [-0.15, -0.1) is 0 Å². The summed E-state index contributed by atoms with van der Waals surface area (Å²) in [7, 11) is 0. The lowest BCUT2D eigenvalue weighted by molar-refractivity contribution is -0.252. The summed E-state index contributed by atoms with van der Waals surface area (Å²) in [5.74, 6) is -2.80. The molecule has 5 atom stereocenters. The number of aromatic nitrogens is 1. The van der Waals surface area contributed by atoms with E-state index in [-0.39, 0.29) is 24.4 Å². The Balaban J connectivity index is 1.78. The number of nitrogen functional groups attached to an aromatic ring is 1. The summed E-state index contributed by atoms with van der Waals surface area (Å²) >= 11 is 0. The zero-order valence-corrected chi connectivity index (χ0v) is 24.1. The second-order valence-electron chi connectivity index (χ2n) is 10.0. The van der Waals surface area contributed by atoms with Crippen LogP contribution in [-0.2, 0) is 49.3 Å². The van der Waals surface area contributed by atoms with E-state index in [1.807, 2.05) is 42.5 Å². The van der Waals surface area contributed by atoms with Crippen LogP contribution in [0.5, 0.6) is 0 Å². The highest BCUT2D eigenvalue weighted by atomic mass is 16.7. The van der Waals surface area contributed by atoms with Crippen LogP contribution in [0.4, 0.5) is 5.82 Å². The molecule has 2 heterocycles. The summed E-state index contributed by atoms with van der Waals surface area (Å²) in [6.45, 7) is 4.32. The second-order valence-corrected chi connectivity index (χ2v) is 10.0. The van der Waals surface area contributed by atoms with E-state index in [1.165, 1.54) is 13.8 Å². The van der Waals surface area contributed by atoms with Crippen molar-refractivity contribution in [2.24, 2.45) is 0 Å². The standard InChI is InChI=1S/C31H31N3O9/c1-16(35)39-15-27-29(41-18(3)37)30(42-19(4)38)28(40-17(2)36)26(43-27)13-23-12-24(25(14-32)31(33)34-23)22-10-9-20-7-5-6-8-21(20)11-22/h5-12,26-30H,13,15H2,1-4H3,(H2,33,34)/t26-,27+,28-,29+,30+/m0/s1. The van der Waals surface area contributed by atoms with E-state index in [2.05, 4.69) is 11.1 Å². The van der Waals surface area contributed by atoms with Gasteiger partial charge in [-0.1, -0.05) is 36.4 Å². The average molecular weight is 590 g/mol. The normalized spacial score (nSPS) is 21.3. The molecule has 0 saturated carbocycles. The Morgan fingerprint density at radius 2 is 1.44 bits per heavy atom. The summed E-state index contributed by atoms with van der Waals surface area (Å²) in [6, 6.07) is 17.3.